The van der Waals surface area contributed by atoms with Crippen LogP contribution in [0.5, 0.6) is 5.75 Å². The fraction of sp³-hybridized carbons (Fsp3) is 0.455. The van der Waals surface area contributed by atoms with E-state index in [1.807, 2.05) is 18.2 Å². The molecule has 0 aromatic heterocycles. The van der Waals surface area contributed by atoms with Gasteiger partial charge in [-0.05, 0) is 37.5 Å². The van der Waals surface area contributed by atoms with Crippen molar-refractivity contribution in [3.63, 3.8) is 0 Å². The van der Waals surface area contributed by atoms with Crippen molar-refractivity contribution in [3.05, 3.63) is 28.2 Å². The Kier molecular flexibility index (Phi) is 4.04. The third kappa shape index (κ3) is 3.37. The standard InChI is InChI=1S/C11H14BrNO.ClH/c1-8-2-3-9(6-10(8)12)14-7-11(13)4-5-11;/h2-3,6H,4-5,7,13H2,1H3;1H. The highest BCUT2D eigenvalue weighted by molar-refractivity contribution is 9.10. The van der Waals surface area contributed by atoms with Crippen LogP contribution in [0.3, 0.4) is 0 Å². The molecule has 1 aliphatic rings. The molecule has 0 radical (unpaired) electrons. The second kappa shape index (κ2) is 4.73. The van der Waals surface area contributed by atoms with Gasteiger partial charge in [0.15, 0.2) is 0 Å². The lowest BCUT2D eigenvalue weighted by atomic mass is 10.2. The monoisotopic (exact) mass is 291 g/mol. The second-order valence-electron chi connectivity index (χ2n) is 4.06. The molecular formula is C11H15BrClNO. The van der Waals surface area contributed by atoms with Gasteiger partial charge in [-0.25, -0.2) is 0 Å². The third-order valence-electron chi connectivity index (χ3n) is 2.56. The van der Waals surface area contributed by atoms with E-state index < -0.39 is 0 Å². The van der Waals surface area contributed by atoms with Crippen molar-refractivity contribution in [2.45, 2.75) is 25.3 Å². The maximum absolute atomic E-state index is 5.93. The van der Waals surface area contributed by atoms with E-state index in [1.165, 1.54) is 5.56 Å². The summed E-state index contributed by atoms with van der Waals surface area (Å²) >= 11 is 3.47. The average Bonchev–Trinajstić information content (AvgIpc) is 2.87. The van der Waals surface area contributed by atoms with Crippen LogP contribution in [0.4, 0.5) is 0 Å². The number of hydrogen-bond donors (Lipinski definition) is 1. The molecule has 0 heterocycles. The van der Waals surface area contributed by atoms with E-state index in [0.717, 1.165) is 23.1 Å². The highest BCUT2D eigenvalue weighted by Gasteiger charge is 2.39. The van der Waals surface area contributed by atoms with Crippen molar-refractivity contribution in [2.75, 3.05) is 6.61 Å². The van der Waals surface area contributed by atoms with Gasteiger partial charge in [-0.15, -0.1) is 12.4 Å². The van der Waals surface area contributed by atoms with E-state index in [1.54, 1.807) is 0 Å². The molecule has 0 aliphatic heterocycles. The van der Waals surface area contributed by atoms with E-state index in [2.05, 4.69) is 22.9 Å². The smallest absolute Gasteiger partial charge is 0.120 e. The molecule has 2 N–H and O–H groups in total. The molecule has 84 valence electrons. The van der Waals surface area contributed by atoms with Crippen molar-refractivity contribution < 1.29 is 4.74 Å². The first kappa shape index (κ1) is 12.8. The van der Waals surface area contributed by atoms with E-state index >= 15 is 0 Å². The van der Waals surface area contributed by atoms with Crippen LogP contribution in [0.1, 0.15) is 18.4 Å². The van der Waals surface area contributed by atoms with Gasteiger partial charge in [0, 0.05) is 4.47 Å². The van der Waals surface area contributed by atoms with Gasteiger partial charge in [-0.2, -0.15) is 0 Å². The van der Waals surface area contributed by atoms with Crippen molar-refractivity contribution in [3.8, 4) is 5.75 Å². The number of aryl methyl sites for hydroxylation is 1. The van der Waals surface area contributed by atoms with Gasteiger partial charge in [0.2, 0.25) is 0 Å². The molecule has 0 unspecified atom stereocenters. The van der Waals surface area contributed by atoms with Crippen LogP contribution in [-0.2, 0) is 0 Å². The zero-order chi connectivity index (χ0) is 10.2. The van der Waals surface area contributed by atoms with Crippen LogP contribution in [0.15, 0.2) is 22.7 Å². The Morgan fingerprint density at radius 1 is 1.47 bits per heavy atom. The molecule has 0 amide bonds. The molecule has 0 spiro atoms. The normalized spacial score (nSPS) is 16.7. The largest absolute Gasteiger partial charge is 0.492 e. The first-order valence-corrected chi connectivity index (χ1v) is 5.56. The van der Waals surface area contributed by atoms with Gasteiger partial charge in [0.05, 0.1) is 5.54 Å². The third-order valence-corrected chi connectivity index (χ3v) is 3.42. The Morgan fingerprint density at radius 3 is 2.67 bits per heavy atom. The Hall–Kier alpha value is -0.250. The summed E-state index contributed by atoms with van der Waals surface area (Å²) in [5.41, 5.74) is 7.10. The summed E-state index contributed by atoms with van der Waals surface area (Å²) < 4.78 is 6.69. The minimum Gasteiger partial charge on any atom is -0.492 e. The summed E-state index contributed by atoms with van der Waals surface area (Å²) in [6, 6.07) is 6.00. The van der Waals surface area contributed by atoms with Crippen molar-refractivity contribution in [1.82, 2.24) is 0 Å². The number of halogens is 2. The topological polar surface area (TPSA) is 35.2 Å². The summed E-state index contributed by atoms with van der Waals surface area (Å²) in [6.45, 7) is 2.68. The minimum absolute atomic E-state index is 0. The van der Waals surface area contributed by atoms with Gasteiger partial charge in [-0.1, -0.05) is 22.0 Å². The first-order chi connectivity index (χ1) is 6.59. The molecule has 1 aliphatic carbocycles. The molecular weight excluding hydrogens is 277 g/mol. The quantitative estimate of drug-likeness (QED) is 0.929. The van der Waals surface area contributed by atoms with Gasteiger partial charge >= 0.3 is 0 Å². The molecule has 1 aromatic carbocycles. The van der Waals surface area contributed by atoms with Gasteiger partial charge in [0.1, 0.15) is 12.4 Å². The summed E-state index contributed by atoms with van der Waals surface area (Å²) in [5.74, 6) is 0.888. The van der Waals surface area contributed by atoms with Crippen molar-refractivity contribution in [1.29, 1.82) is 0 Å². The number of rotatable bonds is 3. The molecule has 15 heavy (non-hydrogen) atoms. The molecule has 0 bridgehead atoms. The van der Waals surface area contributed by atoms with Crippen LogP contribution in [0, 0.1) is 6.92 Å². The van der Waals surface area contributed by atoms with E-state index in [-0.39, 0.29) is 17.9 Å². The summed E-state index contributed by atoms with van der Waals surface area (Å²) in [7, 11) is 0. The predicted molar refractivity (Wildman–Crippen MR) is 67.8 cm³/mol. The minimum atomic E-state index is -0.0443. The van der Waals surface area contributed by atoms with Crippen molar-refractivity contribution >= 4 is 28.3 Å². The second-order valence-corrected chi connectivity index (χ2v) is 4.92. The molecule has 2 nitrogen and oxygen atoms in total. The van der Waals surface area contributed by atoms with Gasteiger partial charge in [0.25, 0.3) is 0 Å². The maximum atomic E-state index is 5.93. The number of ether oxygens (including phenoxy) is 1. The van der Waals surface area contributed by atoms with Gasteiger partial charge < -0.3 is 10.5 Å². The number of benzene rings is 1. The highest BCUT2D eigenvalue weighted by Crippen LogP contribution is 2.33. The Morgan fingerprint density at radius 2 is 2.13 bits per heavy atom. The SMILES string of the molecule is Cc1ccc(OCC2(N)CC2)cc1Br.Cl. The predicted octanol–water partition coefficient (Wildman–Crippen LogP) is 3.05. The van der Waals surface area contributed by atoms with Crippen LogP contribution < -0.4 is 10.5 Å². The molecule has 1 aromatic rings. The summed E-state index contributed by atoms with van der Waals surface area (Å²) in [4.78, 5) is 0. The Balaban J connectivity index is 0.00000112. The average molecular weight is 293 g/mol. The molecule has 4 heteroatoms. The molecule has 1 saturated carbocycles. The number of hydrogen-bond acceptors (Lipinski definition) is 2. The fourth-order valence-corrected chi connectivity index (χ4v) is 1.55. The van der Waals surface area contributed by atoms with Gasteiger partial charge in [-0.3, -0.25) is 0 Å². The Bertz CT molecular complexity index is 352. The summed E-state index contributed by atoms with van der Waals surface area (Å²) in [6.07, 6.45) is 2.17. The molecule has 0 saturated heterocycles. The zero-order valence-corrected chi connectivity index (χ0v) is 11.0. The first-order valence-electron chi connectivity index (χ1n) is 4.77. The van der Waals surface area contributed by atoms with Crippen molar-refractivity contribution in [2.24, 2.45) is 5.73 Å². The molecule has 2 rings (SSSR count). The van der Waals surface area contributed by atoms with Crippen LogP contribution in [-0.4, -0.2) is 12.1 Å². The molecule has 0 atom stereocenters. The number of nitrogens with two attached hydrogens (primary N) is 1. The summed E-state index contributed by atoms with van der Waals surface area (Å²) in [5, 5.41) is 0. The van der Waals surface area contributed by atoms with Crippen LogP contribution in [0.2, 0.25) is 0 Å². The maximum Gasteiger partial charge on any atom is 0.120 e. The van der Waals surface area contributed by atoms with E-state index in [0.29, 0.717) is 6.61 Å². The van der Waals surface area contributed by atoms with Crippen LogP contribution in [0.25, 0.3) is 0 Å². The van der Waals surface area contributed by atoms with E-state index in [9.17, 15) is 0 Å². The zero-order valence-electron chi connectivity index (χ0n) is 8.63. The fourth-order valence-electron chi connectivity index (χ4n) is 1.20. The van der Waals surface area contributed by atoms with Crippen LogP contribution >= 0.6 is 28.3 Å². The lowest BCUT2D eigenvalue weighted by Crippen LogP contribution is -2.29. The molecule has 1 fully saturated rings. The van der Waals surface area contributed by atoms with E-state index in [4.69, 9.17) is 10.5 Å². The lowest BCUT2D eigenvalue weighted by molar-refractivity contribution is 0.279. The Labute approximate surface area is 105 Å². The highest BCUT2D eigenvalue weighted by atomic mass is 79.9. The lowest BCUT2D eigenvalue weighted by Gasteiger charge is -2.11.